The number of hydrogen-bond donors (Lipinski definition) is 2. The van der Waals surface area contributed by atoms with Gasteiger partial charge in [-0.3, -0.25) is 0 Å². The zero-order valence-corrected chi connectivity index (χ0v) is 14.4. The lowest BCUT2D eigenvalue weighted by molar-refractivity contribution is 0.0421. The zero-order chi connectivity index (χ0) is 17.6. The van der Waals surface area contributed by atoms with Gasteiger partial charge in [0.15, 0.2) is 0 Å². The number of hydrogen-bond acceptors (Lipinski definition) is 3. The molecule has 2 aromatic carbocycles. The van der Waals surface area contributed by atoms with E-state index in [4.69, 9.17) is 4.74 Å². The van der Waals surface area contributed by atoms with Crippen molar-refractivity contribution in [2.45, 2.75) is 44.9 Å². The van der Waals surface area contributed by atoms with Crippen LogP contribution in [0.25, 0.3) is 0 Å². The predicted molar refractivity (Wildman–Crippen MR) is 94.7 cm³/mol. The van der Waals surface area contributed by atoms with E-state index < -0.39 is 23.8 Å². The molecule has 0 aliphatic carbocycles. The van der Waals surface area contributed by atoms with E-state index in [1.54, 1.807) is 0 Å². The van der Waals surface area contributed by atoms with Crippen molar-refractivity contribution in [3.63, 3.8) is 0 Å². The lowest BCUT2D eigenvalue weighted by atomic mass is 9.96. The minimum absolute atomic E-state index is 0.482. The van der Waals surface area contributed by atoms with Crippen molar-refractivity contribution in [1.29, 1.82) is 0 Å². The Bertz CT molecular complexity index is 635. The number of benzene rings is 2. The maximum Gasteiger partial charge on any atom is 0.407 e. The molecule has 24 heavy (non-hydrogen) atoms. The number of aliphatic hydroxyl groups excluding tert-OH is 1. The Morgan fingerprint density at radius 3 is 2.12 bits per heavy atom. The average Bonchev–Trinajstić information content (AvgIpc) is 2.53. The number of carbonyl (C=O) groups is 1. The van der Waals surface area contributed by atoms with Crippen molar-refractivity contribution in [3.05, 3.63) is 71.8 Å². The Kier molecular flexibility index (Phi) is 5.99. The summed E-state index contributed by atoms with van der Waals surface area (Å²) < 4.78 is 5.33. The Morgan fingerprint density at radius 2 is 1.58 bits per heavy atom. The molecule has 0 fully saturated rings. The Labute approximate surface area is 143 Å². The van der Waals surface area contributed by atoms with Crippen LogP contribution in [0.4, 0.5) is 4.79 Å². The van der Waals surface area contributed by atoms with Gasteiger partial charge in [0.2, 0.25) is 0 Å². The molecule has 0 heterocycles. The highest BCUT2D eigenvalue weighted by Gasteiger charge is 2.25. The highest BCUT2D eigenvalue weighted by Crippen LogP contribution is 2.20. The van der Waals surface area contributed by atoms with Crippen LogP contribution in [0, 0.1) is 0 Å². The van der Waals surface area contributed by atoms with Gasteiger partial charge < -0.3 is 15.2 Å². The molecule has 2 rings (SSSR count). The maximum absolute atomic E-state index is 12.2. The van der Waals surface area contributed by atoms with E-state index >= 15 is 0 Å². The van der Waals surface area contributed by atoms with E-state index in [0.717, 1.165) is 11.1 Å². The minimum atomic E-state index is -0.820. The summed E-state index contributed by atoms with van der Waals surface area (Å²) in [5.74, 6) is 0. The summed E-state index contributed by atoms with van der Waals surface area (Å²) in [6.45, 7) is 5.44. The van der Waals surface area contributed by atoms with Gasteiger partial charge in [-0.25, -0.2) is 4.79 Å². The lowest BCUT2D eigenvalue weighted by Crippen LogP contribution is -2.43. The second kappa shape index (κ2) is 7.97. The first kappa shape index (κ1) is 18.0. The molecular weight excluding hydrogens is 302 g/mol. The summed E-state index contributed by atoms with van der Waals surface area (Å²) in [7, 11) is 0. The Hall–Kier alpha value is -2.33. The molecular formula is C20H25NO3. The number of ether oxygens (including phenoxy) is 1. The summed E-state index contributed by atoms with van der Waals surface area (Å²) in [5.41, 5.74) is 1.21. The zero-order valence-electron chi connectivity index (χ0n) is 14.4. The van der Waals surface area contributed by atoms with Crippen molar-refractivity contribution in [2.75, 3.05) is 0 Å². The van der Waals surface area contributed by atoms with Crippen LogP contribution in [-0.2, 0) is 11.2 Å². The second-order valence-corrected chi connectivity index (χ2v) is 6.80. The van der Waals surface area contributed by atoms with Crippen molar-refractivity contribution in [2.24, 2.45) is 0 Å². The van der Waals surface area contributed by atoms with E-state index in [0.29, 0.717) is 6.42 Å². The number of amides is 1. The highest BCUT2D eigenvalue weighted by atomic mass is 16.6. The molecule has 0 bridgehead atoms. The smallest absolute Gasteiger partial charge is 0.407 e. The minimum Gasteiger partial charge on any atom is -0.444 e. The molecule has 1 amide bonds. The lowest BCUT2D eigenvalue weighted by Gasteiger charge is -2.27. The monoisotopic (exact) mass is 327 g/mol. The van der Waals surface area contributed by atoms with Gasteiger partial charge in [-0.15, -0.1) is 0 Å². The van der Waals surface area contributed by atoms with Gasteiger partial charge in [0.1, 0.15) is 5.60 Å². The molecule has 2 aromatic rings. The molecule has 0 aliphatic rings. The predicted octanol–water partition coefficient (Wildman–Crippen LogP) is 3.86. The summed E-state index contributed by atoms with van der Waals surface area (Å²) in [6, 6.07) is 18.6. The van der Waals surface area contributed by atoms with Crippen LogP contribution in [0.15, 0.2) is 60.7 Å². The van der Waals surface area contributed by atoms with Crippen LogP contribution in [0.5, 0.6) is 0 Å². The number of aliphatic hydroxyl groups is 1. The van der Waals surface area contributed by atoms with E-state index in [9.17, 15) is 9.90 Å². The molecule has 0 aliphatic heterocycles. The summed E-state index contributed by atoms with van der Waals surface area (Å²) in [4.78, 5) is 12.2. The maximum atomic E-state index is 12.2. The van der Waals surface area contributed by atoms with Crippen LogP contribution in [0.2, 0.25) is 0 Å². The molecule has 0 saturated carbocycles. The number of alkyl carbamates (subject to hydrolysis) is 1. The van der Waals surface area contributed by atoms with E-state index in [1.807, 2.05) is 81.4 Å². The molecule has 2 N–H and O–H groups in total. The van der Waals surface area contributed by atoms with Crippen LogP contribution in [-0.4, -0.2) is 22.8 Å². The molecule has 1 unspecified atom stereocenters. The number of nitrogens with one attached hydrogen (secondary N) is 1. The molecule has 128 valence electrons. The van der Waals surface area contributed by atoms with Crippen molar-refractivity contribution >= 4 is 6.09 Å². The fraction of sp³-hybridized carbons (Fsp3) is 0.350. The van der Waals surface area contributed by atoms with Gasteiger partial charge in [-0.05, 0) is 38.3 Å². The van der Waals surface area contributed by atoms with Crippen molar-refractivity contribution in [1.82, 2.24) is 5.32 Å². The van der Waals surface area contributed by atoms with Gasteiger partial charge in [0.05, 0.1) is 12.1 Å². The summed E-state index contributed by atoms with van der Waals surface area (Å²) in [5, 5.41) is 13.5. The van der Waals surface area contributed by atoms with Gasteiger partial charge in [0.25, 0.3) is 0 Å². The fourth-order valence-corrected chi connectivity index (χ4v) is 2.45. The summed E-state index contributed by atoms with van der Waals surface area (Å²) in [6.07, 6.45) is -0.840. The molecule has 4 heteroatoms. The molecule has 4 nitrogen and oxygen atoms in total. The second-order valence-electron chi connectivity index (χ2n) is 6.80. The van der Waals surface area contributed by atoms with Gasteiger partial charge >= 0.3 is 6.09 Å². The van der Waals surface area contributed by atoms with E-state index in [1.165, 1.54) is 0 Å². The first-order valence-corrected chi connectivity index (χ1v) is 8.11. The van der Waals surface area contributed by atoms with Crippen LogP contribution < -0.4 is 5.32 Å². The van der Waals surface area contributed by atoms with Crippen LogP contribution in [0.3, 0.4) is 0 Å². The third-order valence-corrected chi connectivity index (χ3v) is 3.52. The largest absolute Gasteiger partial charge is 0.444 e. The average molecular weight is 327 g/mol. The number of carbonyl (C=O) groups excluding carboxylic acids is 1. The first-order chi connectivity index (χ1) is 11.3. The molecule has 2 atom stereocenters. The molecule has 0 aromatic heterocycles. The van der Waals surface area contributed by atoms with E-state index in [2.05, 4.69) is 5.32 Å². The van der Waals surface area contributed by atoms with Crippen molar-refractivity contribution < 1.29 is 14.6 Å². The topological polar surface area (TPSA) is 58.6 Å². The first-order valence-electron chi connectivity index (χ1n) is 8.11. The third-order valence-electron chi connectivity index (χ3n) is 3.52. The molecule has 0 spiro atoms. The highest BCUT2D eigenvalue weighted by molar-refractivity contribution is 5.68. The quantitative estimate of drug-likeness (QED) is 0.877. The standard InChI is InChI=1S/C20H25NO3/c1-20(2,3)24-19(23)21-17(14-15-10-6-4-7-11-15)18(22)16-12-8-5-9-13-16/h4-13,17-18,22H,14H2,1-3H3,(H,21,23)/t17-,18?/m1/s1. The van der Waals surface area contributed by atoms with Gasteiger partial charge in [0, 0.05) is 0 Å². The van der Waals surface area contributed by atoms with Crippen LogP contribution in [0.1, 0.15) is 38.0 Å². The van der Waals surface area contributed by atoms with Crippen molar-refractivity contribution in [3.8, 4) is 0 Å². The van der Waals surface area contributed by atoms with Crippen LogP contribution >= 0.6 is 0 Å². The SMILES string of the molecule is CC(C)(C)OC(=O)N[C@H](Cc1ccccc1)C(O)c1ccccc1. The molecule has 0 saturated heterocycles. The Morgan fingerprint density at radius 1 is 1.04 bits per heavy atom. The fourth-order valence-electron chi connectivity index (χ4n) is 2.45. The van der Waals surface area contributed by atoms with E-state index in [-0.39, 0.29) is 0 Å². The van der Waals surface area contributed by atoms with Gasteiger partial charge in [-0.1, -0.05) is 60.7 Å². The Balaban J connectivity index is 2.16. The summed E-state index contributed by atoms with van der Waals surface area (Å²) >= 11 is 0. The normalized spacial score (nSPS) is 13.8. The van der Waals surface area contributed by atoms with Gasteiger partial charge in [-0.2, -0.15) is 0 Å². The number of rotatable bonds is 5. The third kappa shape index (κ3) is 5.70. The molecule has 0 radical (unpaired) electrons.